The molecule has 0 bridgehead atoms. The average Bonchev–Trinajstić information content (AvgIpc) is 3.25. The zero-order chi connectivity index (χ0) is 15.2. The Morgan fingerprint density at radius 3 is 2.77 bits per heavy atom. The van der Waals surface area contributed by atoms with Crippen LogP contribution < -0.4 is 0 Å². The third kappa shape index (κ3) is 2.31. The van der Waals surface area contributed by atoms with Crippen molar-refractivity contribution >= 4 is 6.08 Å². The minimum atomic E-state index is 0.608. The standard InChI is InChI=1S/C22H24/c1-3-17-14-20-19(11-12-22(2)15-21(20)22)13-18(17)10-9-16-7-5-4-6-8-16/h3-8,13-14,21H,1,9-12,15H2,2H3. The van der Waals surface area contributed by atoms with Crippen LogP contribution in [-0.4, -0.2) is 0 Å². The molecule has 0 saturated heterocycles. The maximum atomic E-state index is 4.05. The fraction of sp³-hybridized carbons (Fsp3) is 0.364. The Bertz CT molecular complexity index is 710. The zero-order valence-electron chi connectivity index (χ0n) is 13.4. The van der Waals surface area contributed by atoms with Gasteiger partial charge in [0.2, 0.25) is 0 Å². The van der Waals surface area contributed by atoms with Crippen molar-refractivity contribution in [2.75, 3.05) is 0 Å². The number of benzene rings is 2. The monoisotopic (exact) mass is 288 g/mol. The highest BCUT2D eigenvalue weighted by molar-refractivity contribution is 5.58. The Kier molecular flexibility index (Phi) is 3.22. The molecule has 1 fully saturated rings. The highest BCUT2D eigenvalue weighted by atomic mass is 14.6. The van der Waals surface area contributed by atoms with Crippen LogP contribution >= 0.6 is 0 Å². The molecule has 22 heavy (non-hydrogen) atoms. The second-order valence-electron chi connectivity index (χ2n) is 7.35. The minimum absolute atomic E-state index is 0.608. The van der Waals surface area contributed by atoms with Gasteiger partial charge in [-0.3, -0.25) is 0 Å². The predicted octanol–water partition coefficient (Wildman–Crippen LogP) is 5.55. The van der Waals surface area contributed by atoms with E-state index in [1.807, 2.05) is 0 Å². The van der Waals surface area contributed by atoms with Crippen molar-refractivity contribution in [1.29, 1.82) is 0 Å². The molecule has 0 aliphatic heterocycles. The molecule has 2 aromatic carbocycles. The summed E-state index contributed by atoms with van der Waals surface area (Å²) >= 11 is 0. The van der Waals surface area contributed by atoms with E-state index in [4.69, 9.17) is 0 Å². The van der Waals surface area contributed by atoms with Crippen LogP contribution in [0.3, 0.4) is 0 Å². The summed E-state index contributed by atoms with van der Waals surface area (Å²) in [5.74, 6) is 0.818. The number of hydrogen-bond acceptors (Lipinski definition) is 0. The van der Waals surface area contributed by atoms with Crippen molar-refractivity contribution in [2.45, 2.75) is 44.9 Å². The van der Waals surface area contributed by atoms with E-state index in [1.54, 1.807) is 11.1 Å². The normalized spacial score (nSPS) is 25.2. The SMILES string of the molecule is C=Cc1cc2c(cc1CCc1ccccc1)CCC1(C)CC21. The highest BCUT2D eigenvalue weighted by Crippen LogP contribution is 2.65. The summed E-state index contributed by atoms with van der Waals surface area (Å²) in [4.78, 5) is 0. The van der Waals surface area contributed by atoms with Crippen LogP contribution in [0.1, 0.15) is 53.5 Å². The van der Waals surface area contributed by atoms with E-state index in [0.717, 1.165) is 18.8 Å². The molecule has 0 heterocycles. The van der Waals surface area contributed by atoms with Gasteiger partial charge in [-0.1, -0.05) is 62.0 Å². The first-order chi connectivity index (χ1) is 10.7. The topological polar surface area (TPSA) is 0 Å². The number of rotatable bonds is 4. The predicted molar refractivity (Wildman–Crippen MR) is 94.2 cm³/mol. The van der Waals surface area contributed by atoms with Crippen LogP contribution in [0.5, 0.6) is 0 Å². The van der Waals surface area contributed by atoms with Crippen molar-refractivity contribution in [1.82, 2.24) is 0 Å². The van der Waals surface area contributed by atoms with E-state index in [2.05, 4.69) is 62.0 Å². The molecule has 2 atom stereocenters. The van der Waals surface area contributed by atoms with Crippen molar-refractivity contribution < 1.29 is 0 Å². The van der Waals surface area contributed by atoms with Gasteiger partial charge < -0.3 is 0 Å². The van der Waals surface area contributed by atoms with E-state index >= 15 is 0 Å². The molecular weight excluding hydrogens is 264 g/mol. The van der Waals surface area contributed by atoms with Crippen LogP contribution in [0.4, 0.5) is 0 Å². The molecule has 0 radical (unpaired) electrons. The lowest BCUT2D eigenvalue weighted by atomic mass is 9.82. The summed E-state index contributed by atoms with van der Waals surface area (Å²) in [5, 5.41) is 0. The Hall–Kier alpha value is -1.82. The Balaban J connectivity index is 1.61. The largest absolute Gasteiger partial charge is 0.0985 e. The molecule has 0 amide bonds. The summed E-state index contributed by atoms with van der Waals surface area (Å²) in [6.45, 7) is 6.51. The fourth-order valence-corrected chi connectivity index (χ4v) is 4.19. The first kappa shape index (κ1) is 13.8. The van der Waals surface area contributed by atoms with Crippen LogP contribution in [0.25, 0.3) is 6.08 Å². The van der Waals surface area contributed by atoms with Gasteiger partial charge in [0.15, 0.2) is 0 Å². The first-order valence-corrected chi connectivity index (χ1v) is 8.52. The number of hydrogen-bond donors (Lipinski definition) is 0. The van der Waals surface area contributed by atoms with Crippen molar-refractivity contribution in [3.63, 3.8) is 0 Å². The van der Waals surface area contributed by atoms with Crippen LogP contribution in [0.2, 0.25) is 0 Å². The number of fused-ring (bicyclic) bond motifs is 3. The molecule has 1 saturated carbocycles. The highest BCUT2D eigenvalue weighted by Gasteiger charge is 2.53. The quantitative estimate of drug-likeness (QED) is 0.691. The molecule has 0 spiro atoms. The van der Waals surface area contributed by atoms with E-state index in [1.165, 1.54) is 36.0 Å². The molecule has 0 nitrogen and oxygen atoms in total. The summed E-state index contributed by atoms with van der Waals surface area (Å²) in [6.07, 6.45) is 8.30. The summed E-state index contributed by atoms with van der Waals surface area (Å²) in [6, 6.07) is 15.7. The van der Waals surface area contributed by atoms with Gasteiger partial charge in [0, 0.05) is 0 Å². The van der Waals surface area contributed by atoms with E-state index < -0.39 is 0 Å². The summed E-state index contributed by atoms with van der Waals surface area (Å²) < 4.78 is 0. The summed E-state index contributed by atoms with van der Waals surface area (Å²) in [5.41, 5.74) is 8.08. The second-order valence-corrected chi connectivity index (χ2v) is 7.35. The third-order valence-corrected chi connectivity index (χ3v) is 5.84. The van der Waals surface area contributed by atoms with Crippen LogP contribution in [0, 0.1) is 5.41 Å². The van der Waals surface area contributed by atoms with Gasteiger partial charge in [0.05, 0.1) is 0 Å². The fourth-order valence-electron chi connectivity index (χ4n) is 4.19. The molecule has 0 N–H and O–H groups in total. The zero-order valence-corrected chi connectivity index (χ0v) is 13.4. The van der Waals surface area contributed by atoms with Gasteiger partial charge in [-0.25, -0.2) is 0 Å². The molecule has 0 heteroatoms. The minimum Gasteiger partial charge on any atom is -0.0985 e. The molecule has 2 unspecified atom stereocenters. The molecule has 2 aliphatic rings. The third-order valence-electron chi connectivity index (χ3n) is 5.84. The maximum absolute atomic E-state index is 4.05. The molecule has 112 valence electrons. The Labute approximate surface area is 133 Å². The van der Waals surface area contributed by atoms with Gasteiger partial charge in [-0.05, 0) is 71.3 Å². The second kappa shape index (κ2) is 5.12. The Morgan fingerprint density at radius 1 is 1.18 bits per heavy atom. The van der Waals surface area contributed by atoms with Gasteiger partial charge in [0.25, 0.3) is 0 Å². The molecule has 2 aromatic rings. The lowest BCUT2D eigenvalue weighted by molar-refractivity contribution is 0.478. The van der Waals surface area contributed by atoms with E-state index in [-0.39, 0.29) is 0 Å². The Morgan fingerprint density at radius 2 is 2.00 bits per heavy atom. The van der Waals surface area contributed by atoms with Crippen molar-refractivity contribution in [2.24, 2.45) is 5.41 Å². The molecule has 2 aliphatic carbocycles. The smallest absolute Gasteiger partial charge is 0.00993 e. The van der Waals surface area contributed by atoms with Gasteiger partial charge in [0.1, 0.15) is 0 Å². The average molecular weight is 288 g/mol. The molecular formula is C22H24. The number of aryl methyl sites for hydroxylation is 3. The van der Waals surface area contributed by atoms with Gasteiger partial charge >= 0.3 is 0 Å². The molecule has 4 rings (SSSR count). The summed E-state index contributed by atoms with van der Waals surface area (Å²) in [7, 11) is 0. The van der Waals surface area contributed by atoms with Crippen LogP contribution in [0.15, 0.2) is 49.0 Å². The van der Waals surface area contributed by atoms with E-state index in [9.17, 15) is 0 Å². The van der Waals surface area contributed by atoms with Gasteiger partial charge in [-0.15, -0.1) is 0 Å². The van der Waals surface area contributed by atoms with Gasteiger partial charge in [-0.2, -0.15) is 0 Å². The first-order valence-electron chi connectivity index (χ1n) is 8.52. The van der Waals surface area contributed by atoms with Crippen molar-refractivity contribution in [3.8, 4) is 0 Å². The van der Waals surface area contributed by atoms with E-state index in [0.29, 0.717) is 5.41 Å². The van der Waals surface area contributed by atoms with Crippen molar-refractivity contribution in [3.05, 3.63) is 76.9 Å². The lowest BCUT2D eigenvalue weighted by Crippen LogP contribution is -2.10. The van der Waals surface area contributed by atoms with Crippen LogP contribution in [-0.2, 0) is 19.3 Å². The lowest BCUT2D eigenvalue weighted by Gasteiger charge is -2.23. The molecule has 0 aromatic heterocycles. The maximum Gasteiger partial charge on any atom is -0.00993 e.